The van der Waals surface area contributed by atoms with E-state index in [9.17, 15) is 14.7 Å². The van der Waals surface area contributed by atoms with Crippen molar-refractivity contribution >= 4 is 12.0 Å². The van der Waals surface area contributed by atoms with Gasteiger partial charge in [-0.3, -0.25) is 4.79 Å². The minimum Gasteiger partial charge on any atom is -0.481 e. The number of carboxylic acids is 1. The topological polar surface area (TPSA) is 78.4 Å². The summed E-state index contributed by atoms with van der Waals surface area (Å²) in [5.74, 6) is -0.289. The molecule has 1 aliphatic rings. The molecule has 0 heterocycles. The second kappa shape index (κ2) is 8.25. The van der Waals surface area contributed by atoms with Crippen molar-refractivity contribution in [2.45, 2.75) is 71.8 Å². The number of amides is 2. The second-order valence-electron chi connectivity index (χ2n) is 6.18. The molecule has 0 aliphatic heterocycles. The van der Waals surface area contributed by atoms with E-state index in [0.29, 0.717) is 18.8 Å². The van der Waals surface area contributed by atoms with Crippen LogP contribution in [0, 0.1) is 11.3 Å². The van der Waals surface area contributed by atoms with Crippen LogP contribution in [0.15, 0.2) is 0 Å². The van der Waals surface area contributed by atoms with Gasteiger partial charge in [0.1, 0.15) is 0 Å². The van der Waals surface area contributed by atoms with Gasteiger partial charge in [0, 0.05) is 12.6 Å². The molecule has 1 fully saturated rings. The van der Waals surface area contributed by atoms with Crippen LogP contribution in [0.1, 0.15) is 65.7 Å². The standard InChI is InChI=1S/C16H30N2O3/c1-4-12-9-7-8-10-13(12)18-15(21)17-11-16(5-2,6-3)14(19)20/h12-13H,4-11H2,1-3H3,(H,19,20)(H2,17,18,21). The molecule has 5 nitrogen and oxygen atoms in total. The van der Waals surface area contributed by atoms with Gasteiger partial charge in [-0.05, 0) is 31.6 Å². The lowest BCUT2D eigenvalue weighted by Crippen LogP contribution is -2.50. The number of carbonyl (C=O) groups is 2. The van der Waals surface area contributed by atoms with Gasteiger partial charge in [0.05, 0.1) is 5.41 Å². The Hall–Kier alpha value is -1.26. The highest BCUT2D eigenvalue weighted by Gasteiger charge is 2.35. The first-order chi connectivity index (χ1) is 9.99. The Kier molecular flexibility index (Phi) is 6.99. The molecular weight excluding hydrogens is 268 g/mol. The Bertz CT molecular complexity index is 353. The Morgan fingerprint density at radius 2 is 1.76 bits per heavy atom. The molecule has 122 valence electrons. The number of urea groups is 1. The van der Waals surface area contributed by atoms with Crippen LogP contribution < -0.4 is 10.6 Å². The van der Waals surface area contributed by atoms with Crippen LogP contribution in [-0.4, -0.2) is 29.7 Å². The highest BCUT2D eigenvalue weighted by molar-refractivity contribution is 5.78. The van der Waals surface area contributed by atoms with Crippen molar-refractivity contribution in [3.63, 3.8) is 0 Å². The summed E-state index contributed by atoms with van der Waals surface area (Å²) in [5.41, 5.74) is -0.853. The zero-order valence-corrected chi connectivity index (χ0v) is 13.6. The van der Waals surface area contributed by atoms with Gasteiger partial charge in [0.2, 0.25) is 0 Å². The maximum atomic E-state index is 12.1. The molecule has 5 heteroatoms. The maximum absolute atomic E-state index is 12.1. The van der Waals surface area contributed by atoms with Crippen LogP contribution in [0.5, 0.6) is 0 Å². The molecule has 2 unspecified atom stereocenters. The summed E-state index contributed by atoms with van der Waals surface area (Å²) in [7, 11) is 0. The van der Waals surface area contributed by atoms with E-state index in [1.807, 2.05) is 13.8 Å². The van der Waals surface area contributed by atoms with E-state index in [1.54, 1.807) is 0 Å². The molecule has 0 aromatic carbocycles. The maximum Gasteiger partial charge on any atom is 0.315 e. The molecule has 0 aromatic rings. The molecule has 0 aromatic heterocycles. The van der Waals surface area contributed by atoms with Gasteiger partial charge in [-0.1, -0.05) is 40.0 Å². The molecular formula is C16H30N2O3. The van der Waals surface area contributed by atoms with Crippen LogP contribution >= 0.6 is 0 Å². The van der Waals surface area contributed by atoms with E-state index in [4.69, 9.17) is 0 Å². The van der Waals surface area contributed by atoms with Crippen LogP contribution in [0.25, 0.3) is 0 Å². The third-order valence-electron chi connectivity index (χ3n) is 5.14. The summed E-state index contributed by atoms with van der Waals surface area (Å²) in [6.45, 7) is 6.05. The van der Waals surface area contributed by atoms with Gasteiger partial charge < -0.3 is 15.7 Å². The van der Waals surface area contributed by atoms with Crippen molar-refractivity contribution in [2.75, 3.05) is 6.54 Å². The van der Waals surface area contributed by atoms with E-state index in [-0.39, 0.29) is 18.6 Å². The number of aliphatic carboxylic acids is 1. The summed E-state index contributed by atoms with van der Waals surface area (Å²) in [6.07, 6.45) is 6.70. The zero-order valence-electron chi connectivity index (χ0n) is 13.6. The average molecular weight is 298 g/mol. The molecule has 0 spiro atoms. The van der Waals surface area contributed by atoms with Crippen molar-refractivity contribution in [2.24, 2.45) is 11.3 Å². The van der Waals surface area contributed by atoms with Crippen LogP contribution in [0.2, 0.25) is 0 Å². The predicted octanol–water partition coefficient (Wildman–Crippen LogP) is 3.15. The molecule has 1 rings (SSSR count). The van der Waals surface area contributed by atoms with Crippen molar-refractivity contribution in [1.82, 2.24) is 10.6 Å². The fourth-order valence-electron chi connectivity index (χ4n) is 3.23. The Morgan fingerprint density at radius 1 is 1.14 bits per heavy atom. The zero-order chi connectivity index (χ0) is 15.9. The van der Waals surface area contributed by atoms with Crippen LogP contribution in [-0.2, 0) is 4.79 Å². The van der Waals surface area contributed by atoms with E-state index in [1.165, 1.54) is 12.8 Å². The van der Waals surface area contributed by atoms with E-state index < -0.39 is 11.4 Å². The smallest absolute Gasteiger partial charge is 0.315 e. The molecule has 1 aliphatic carbocycles. The summed E-state index contributed by atoms with van der Waals surface area (Å²) in [4.78, 5) is 23.5. The Morgan fingerprint density at radius 3 is 2.29 bits per heavy atom. The molecule has 0 radical (unpaired) electrons. The number of nitrogens with one attached hydrogen (secondary N) is 2. The summed E-state index contributed by atoms with van der Waals surface area (Å²) in [5, 5.41) is 15.2. The largest absolute Gasteiger partial charge is 0.481 e. The number of carboxylic acid groups (broad SMARTS) is 1. The summed E-state index contributed by atoms with van der Waals surface area (Å²) in [6, 6.07) is -0.000828. The van der Waals surface area contributed by atoms with E-state index >= 15 is 0 Å². The van der Waals surface area contributed by atoms with Crippen molar-refractivity contribution in [3.05, 3.63) is 0 Å². The lowest BCUT2D eigenvalue weighted by atomic mass is 9.82. The summed E-state index contributed by atoms with van der Waals surface area (Å²) < 4.78 is 0. The number of rotatable bonds is 7. The number of hydrogen-bond donors (Lipinski definition) is 3. The average Bonchev–Trinajstić information content (AvgIpc) is 2.49. The first kappa shape index (κ1) is 17.8. The second-order valence-corrected chi connectivity index (χ2v) is 6.18. The third-order valence-corrected chi connectivity index (χ3v) is 5.14. The highest BCUT2D eigenvalue weighted by atomic mass is 16.4. The van der Waals surface area contributed by atoms with Gasteiger partial charge in [-0.2, -0.15) is 0 Å². The van der Waals surface area contributed by atoms with E-state index in [2.05, 4.69) is 17.6 Å². The van der Waals surface area contributed by atoms with Crippen LogP contribution in [0.4, 0.5) is 4.79 Å². The minimum atomic E-state index is -0.853. The molecule has 2 amide bonds. The predicted molar refractivity (Wildman–Crippen MR) is 83.2 cm³/mol. The van der Waals surface area contributed by atoms with Gasteiger partial charge in [-0.15, -0.1) is 0 Å². The fourth-order valence-corrected chi connectivity index (χ4v) is 3.23. The third kappa shape index (κ3) is 4.61. The van der Waals surface area contributed by atoms with Crippen molar-refractivity contribution in [1.29, 1.82) is 0 Å². The lowest BCUT2D eigenvalue weighted by molar-refractivity contribution is -0.149. The normalized spacial score (nSPS) is 22.6. The monoisotopic (exact) mass is 298 g/mol. The number of hydrogen-bond acceptors (Lipinski definition) is 2. The van der Waals surface area contributed by atoms with Crippen LogP contribution in [0.3, 0.4) is 0 Å². The lowest BCUT2D eigenvalue weighted by Gasteiger charge is -2.32. The molecule has 0 saturated heterocycles. The fraction of sp³-hybridized carbons (Fsp3) is 0.875. The highest BCUT2D eigenvalue weighted by Crippen LogP contribution is 2.27. The van der Waals surface area contributed by atoms with Gasteiger partial charge in [-0.25, -0.2) is 4.79 Å². The Labute approximate surface area is 127 Å². The van der Waals surface area contributed by atoms with E-state index in [0.717, 1.165) is 19.3 Å². The first-order valence-electron chi connectivity index (χ1n) is 8.26. The summed E-state index contributed by atoms with van der Waals surface area (Å²) >= 11 is 0. The SMILES string of the molecule is CCC1CCCCC1NC(=O)NCC(CC)(CC)C(=O)O. The quantitative estimate of drug-likeness (QED) is 0.675. The first-order valence-corrected chi connectivity index (χ1v) is 8.26. The molecule has 2 atom stereocenters. The van der Waals surface area contributed by atoms with Gasteiger partial charge in [0.15, 0.2) is 0 Å². The van der Waals surface area contributed by atoms with Gasteiger partial charge >= 0.3 is 12.0 Å². The van der Waals surface area contributed by atoms with Crippen molar-refractivity contribution in [3.8, 4) is 0 Å². The molecule has 3 N–H and O–H groups in total. The Balaban J connectivity index is 2.51. The molecule has 0 bridgehead atoms. The van der Waals surface area contributed by atoms with Crippen molar-refractivity contribution < 1.29 is 14.7 Å². The minimum absolute atomic E-state index is 0.185. The number of carbonyl (C=O) groups excluding carboxylic acids is 1. The molecule has 1 saturated carbocycles. The molecule has 21 heavy (non-hydrogen) atoms. The van der Waals surface area contributed by atoms with Gasteiger partial charge in [0.25, 0.3) is 0 Å².